The lowest BCUT2D eigenvalue weighted by atomic mass is 9.99. The molecule has 0 saturated carbocycles. The number of aromatic nitrogens is 5. The average Bonchev–Trinajstić information content (AvgIpc) is 3.08. The molecule has 7 heteroatoms. The van der Waals surface area contributed by atoms with Crippen LogP contribution in [0.1, 0.15) is 22.3 Å². The van der Waals surface area contributed by atoms with E-state index in [1.807, 2.05) is 56.4 Å². The summed E-state index contributed by atoms with van der Waals surface area (Å²) in [4.78, 5) is 16.5. The van der Waals surface area contributed by atoms with Crippen molar-refractivity contribution in [3.8, 4) is 22.6 Å². The SMILES string of the molecule is Cc1cc(-c2cccnc2)c(C)cc1OCc1c(C)cccc1-n1nnn(C)c1=O. The van der Waals surface area contributed by atoms with E-state index in [-0.39, 0.29) is 5.69 Å². The molecule has 4 aromatic rings. The fraction of sp³-hybridized carbons (Fsp3) is 0.217. The molecule has 0 aliphatic carbocycles. The highest BCUT2D eigenvalue weighted by Crippen LogP contribution is 2.30. The third-order valence-corrected chi connectivity index (χ3v) is 5.20. The van der Waals surface area contributed by atoms with E-state index in [9.17, 15) is 4.79 Å². The van der Waals surface area contributed by atoms with Crippen LogP contribution in [0.4, 0.5) is 0 Å². The summed E-state index contributed by atoms with van der Waals surface area (Å²) in [6.07, 6.45) is 3.63. The van der Waals surface area contributed by atoms with Gasteiger partial charge in [0, 0.05) is 30.6 Å². The summed E-state index contributed by atoms with van der Waals surface area (Å²) in [5.74, 6) is 0.806. The van der Waals surface area contributed by atoms with Crippen LogP contribution in [-0.2, 0) is 13.7 Å². The molecule has 0 radical (unpaired) electrons. The summed E-state index contributed by atoms with van der Waals surface area (Å²) >= 11 is 0. The number of rotatable bonds is 5. The van der Waals surface area contributed by atoms with Gasteiger partial charge in [0.2, 0.25) is 0 Å². The van der Waals surface area contributed by atoms with E-state index in [0.29, 0.717) is 12.3 Å². The zero-order valence-corrected chi connectivity index (χ0v) is 17.5. The molecule has 0 aliphatic heterocycles. The molecule has 0 bridgehead atoms. The second-order valence-electron chi connectivity index (χ2n) is 7.33. The molecular weight excluding hydrogens is 378 g/mol. The molecule has 0 aliphatic rings. The standard InChI is InChI=1S/C23H23N5O2/c1-15-7-5-9-21(28-23(29)27(4)25-26-28)20(15)14-30-22-12-16(2)19(11-17(22)3)18-8-6-10-24-13-18/h5-13H,14H2,1-4H3. The Labute approximate surface area is 174 Å². The van der Waals surface area contributed by atoms with E-state index in [1.54, 1.807) is 13.2 Å². The lowest BCUT2D eigenvalue weighted by Crippen LogP contribution is -2.23. The van der Waals surface area contributed by atoms with Crippen LogP contribution >= 0.6 is 0 Å². The maximum Gasteiger partial charge on any atom is 0.368 e. The van der Waals surface area contributed by atoms with Gasteiger partial charge in [-0.3, -0.25) is 4.98 Å². The molecule has 2 aromatic carbocycles. The van der Waals surface area contributed by atoms with Gasteiger partial charge in [0.25, 0.3) is 0 Å². The molecule has 0 fully saturated rings. The molecule has 2 aromatic heterocycles. The fourth-order valence-corrected chi connectivity index (χ4v) is 3.47. The molecule has 0 unspecified atom stereocenters. The number of nitrogens with zero attached hydrogens (tertiary/aromatic N) is 5. The largest absolute Gasteiger partial charge is 0.489 e. The van der Waals surface area contributed by atoms with Crippen LogP contribution in [0, 0.1) is 20.8 Å². The van der Waals surface area contributed by atoms with Crippen molar-refractivity contribution in [3.63, 3.8) is 0 Å². The van der Waals surface area contributed by atoms with E-state index in [4.69, 9.17) is 4.74 Å². The predicted octanol–water partition coefficient (Wildman–Crippen LogP) is 3.53. The number of tetrazole rings is 1. The van der Waals surface area contributed by atoms with Crippen LogP contribution < -0.4 is 10.4 Å². The number of pyridine rings is 1. The Bertz CT molecular complexity index is 1260. The summed E-state index contributed by atoms with van der Waals surface area (Å²) in [6.45, 7) is 6.40. The minimum absolute atomic E-state index is 0.297. The number of hydrogen-bond donors (Lipinski definition) is 0. The second-order valence-corrected chi connectivity index (χ2v) is 7.33. The van der Waals surface area contributed by atoms with Crippen LogP contribution in [0.3, 0.4) is 0 Å². The Balaban J connectivity index is 1.66. The zero-order chi connectivity index (χ0) is 21.3. The van der Waals surface area contributed by atoms with Gasteiger partial charge in [0.05, 0.1) is 5.69 Å². The Hall–Kier alpha value is -3.74. The Kier molecular flexibility index (Phi) is 5.18. The fourth-order valence-electron chi connectivity index (χ4n) is 3.47. The Morgan fingerprint density at radius 2 is 1.80 bits per heavy atom. The van der Waals surface area contributed by atoms with Crippen molar-refractivity contribution in [1.29, 1.82) is 0 Å². The summed E-state index contributed by atoms with van der Waals surface area (Å²) in [6, 6.07) is 13.9. The van der Waals surface area contributed by atoms with E-state index in [1.165, 1.54) is 9.36 Å². The van der Waals surface area contributed by atoms with Crippen LogP contribution in [-0.4, -0.2) is 24.8 Å². The van der Waals surface area contributed by atoms with Gasteiger partial charge in [0.15, 0.2) is 0 Å². The van der Waals surface area contributed by atoms with E-state index < -0.39 is 0 Å². The van der Waals surface area contributed by atoms with Gasteiger partial charge < -0.3 is 4.74 Å². The first-order valence-electron chi connectivity index (χ1n) is 9.68. The lowest BCUT2D eigenvalue weighted by molar-refractivity contribution is 0.302. The molecule has 0 N–H and O–H groups in total. The maximum absolute atomic E-state index is 12.3. The normalized spacial score (nSPS) is 10.9. The number of benzene rings is 2. The molecule has 2 heterocycles. The minimum atomic E-state index is -0.297. The van der Waals surface area contributed by atoms with Crippen molar-refractivity contribution < 1.29 is 4.74 Å². The Morgan fingerprint density at radius 3 is 2.50 bits per heavy atom. The lowest BCUT2D eigenvalue weighted by Gasteiger charge is -2.16. The molecule has 152 valence electrons. The highest BCUT2D eigenvalue weighted by Gasteiger charge is 2.15. The molecule has 0 spiro atoms. The molecule has 4 rings (SSSR count). The van der Waals surface area contributed by atoms with Gasteiger partial charge in [-0.25, -0.2) is 4.79 Å². The van der Waals surface area contributed by atoms with Crippen LogP contribution in [0.2, 0.25) is 0 Å². The second kappa shape index (κ2) is 7.94. The van der Waals surface area contributed by atoms with E-state index >= 15 is 0 Å². The molecule has 0 atom stereocenters. The highest BCUT2D eigenvalue weighted by atomic mass is 16.5. The van der Waals surface area contributed by atoms with Gasteiger partial charge >= 0.3 is 5.69 Å². The quantitative estimate of drug-likeness (QED) is 0.511. The smallest absolute Gasteiger partial charge is 0.368 e. The zero-order valence-electron chi connectivity index (χ0n) is 17.5. The molecule has 7 nitrogen and oxygen atoms in total. The first kappa shape index (κ1) is 19.6. The summed E-state index contributed by atoms with van der Waals surface area (Å²) in [5, 5.41) is 7.79. The third kappa shape index (κ3) is 3.61. The Morgan fingerprint density at radius 1 is 0.967 bits per heavy atom. The monoisotopic (exact) mass is 401 g/mol. The van der Waals surface area contributed by atoms with Crippen molar-refractivity contribution in [2.75, 3.05) is 0 Å². The maximum atomic E-state index is 12.3. The van der Waals surface area contributed by atoms with Gasteiger partial charge in [-0.05, 0) is 77.7 Å². The summed E-state index contributed by atoms with van der Waals surface area (Å²) in [7, 11) is 1.58. The van der Waals surface area contributed by atoms with Crippen molar-refractivity contribution in [2.24, 2.45) is 7.05 Å². The average molecular weight is 401 g/mol. The van der Waals surface area contributed by atoms with Crippen molar-refractivity contribution in [3.05, 3.63) is 87.6 Å². The number of hydrogen-bond acceptors (Lipinski definition) is 5. The molecule has 30 heavy (non-hydrogen) atoms. The first-order valence-corrected chi connectivity index (χ1v) is 9.68. The van der Waals surface area contributed by atoms with Crippen LogP contribution in [0.15, 0.2) is 59.7 Å². The topological polar surface area (TPSA) is 74.8 Å². The summed E-state index contributed by atoms with van der Waals surface area (Å²) in [5.41, 5.74) is 6.65. The van der Waals surface area contributed by atoms with Crippen molar-refractivity contribution in [1.82, 2.24) is 24.8 Å². The first-order chi connectivity index (χ1) is 14.5. The minimum Gasteiger partial charge on any atom is -0.489 e. The van der Waals surface area contributed by atoms with Gasteiger partial charge in [-0.1, -0.05) is 18.2 Å². The van der Waals surface area contributed by atoms with Crippen LogP contribution in [0.25, 0.3) is 16.8 Å². The molecule has 0 saturated heterocycles. The van der Waals surface area contributed by atoms with Gasteiger partial charge in [0.1, 0.15) is 12.4 Å². The van der Waals surface area contributed by atoms with E-state index in [2.05, 4.69) is 28.4 Å². The van der Waals surface area contributed by atoms with Gasteiger partial charge in [-0.2, -0.15) is 9.36 Å². The number of aryl methyl sites for hydroxylation is 4. The third-order valence-electron chi connectivity index (χ3n) is 5.20. The molecule has 0 amide bonds. The van der Waals surface area contributed by atoms with Crippen molar-refractivity contribution >= 4 is 0 Å². The van der Waals surface area contributed by atoms with E-state index in [0.717, 1.165) is 39.1 Å². The number of ether oxygens (including phenoxy) is 1. The highest BCUT2D eigenvalue weighted by molar-refractivity contribution is 5.68. The van der Waals surface area contributed by atoms with Crippen molar-refractivity contribution in [2.45, 2.75) is 27.4 Å². The molecular formula is C23H23N5O2. The van der Waals surface area contributed by atoms with Gasteiger partial charge in [-0.15, -0.1) is 0 Å². The predicted molar refractivity (Wildman–Crippen MR) is 115 cm³/mol. The summed E-state index contributed by atoms with van der Waals surface area (Å²) < 4.78 is 8.71. The van der Waals surface area contributed by atoms with Crippen LogP contribution in [0.5, 0.6) is 5.75 Å².